The van der Waals surface area contributed by atoms with Crippen LogP contribution in [-0.2, 0) is 20.1 Å². The second kappa shape index (κ2) is 7.47. The molecule has 0 spiro atoms. The summed E-state index contributed by atoms with van der Waals surface area (Å²) >= 11 is 0. The fraction of sp³-hybridized carbons (Fsp3) is 0.312. The van der Waals surface area contributed by atoms with Crippen molar-refractivity contribution in [2.45, 2.75) is 20.0 Å². The first-order chi connectivity index (χ1) is 10.2. The van der Waals surface area contributed by atoms with Crippen molar-refractivity contribution in [1.29, 1.82) is 0 Å². The van der Waals surface area contributed by atoms with Gasteiger partial charge in [-0.05, 0) is 36.2 Å². The lowest BCUT2D eigenvalue weighted by Gasteiger charge is -2.11. The Morgan fingerprint density at radius 3 is 2.52 bits per heavy atom. The van der Waals surface area contributed by atoms with Gasteiger partial charge in [-0.2, -0.15) is 0 Å². The SMILES string of the molecule is CCNC(=NCc1ccn(C)c1)NCc1ccc(F)cc1. The summed E-state index contributed by atoms with van der Waals surface area (Å²) in [6.45, 7) is 4.06. The topological polar surface area (TPSA) is 41.4 Å². The van der Waals surface area contributed by atoms with Crippen molar-refractivity contribution in [3.8, 4) is 0 Å². The average molecular weight is 288 g/mol. The van der Waals surface area contributed by atoms with Crippen LogP contribution in [0.3, 0.4) is 0 Å². The summed E-state index contributed by atoms with van der Waals surface area (Å²) in [6, 6.07) is 8.51. The molecule has 4 nitrogen and oxygen atoms in total. The molecule has 0 aliphatic rings. The van der Waals surface area contributed by atoms with Gasteiger partial charge in [0.1, 0.15) is 5.82 Å². The van der Waals surface area contributed by atoms with Crippen molar-refractivity contribution < 1.29 is 4.39 Å². The highest BCUT2D eigenvalue weighted by Gasteiger charge is 1.99. The van der Waals surface area contributed by atoms with E-state index in [0.29, 0.717) is 13.1 Å². The molecule has 0 fully saturated rings. The van der Waals surface area contributed by atoms with Crippen molar-refractivity contribution in [3.63, 3.8) is 0 Å². The van der Waals surface area contributed by atoms with E-state index in [9.17, 15) is 4.39 Å². The number of hydrogen-bond donors (Lipinski definition) is 2. The summed E-state index contributed by atoms with van der Waals surface area (Å²) in [7, 11) is 1.99. The predicted octanol–water partition coefficient (Wildman–Crippen LogP) is 2.42. The maximum atomic E-state index is 12.9. The Kier molecular flexibility index (Phi) is 5.37. The number of aryl methyl sites for hydroxylation is 1. The third kappa shape index (κ3) is 4.95. The average Bonchev–Trinajstić information content (AvgIpc) is 2.89. The summed E-state index contributed by atoms with van der Waals surface area (Å²) in [5, 5.41) is 6.44. The molecule has 0 bridgehead atoms. The molecule has 21 heavy (non-hydrogen) atoms. The minimum atomic E-state index is -0.219. The number of halogens is 1. The highest BCUT2D eigenvalue weighted by atomic mass is 19.1. The Hall–Kier alpha value is -2.30. The first-order valence-electron chi connectivity index (χ1n) is 7.05. The first kappa shape index (κ1) is 15.1. The number of guanidine groups is 1. The molecule has 0 saturated carbocycles. The monoisotopic (exact) mass is 288 g/mol. The van der Waals surface area contributed by atoms with Crippen molar-refractivity contribution in [1.82, 2.24) is 15.2 Å². The smallest absolute Gasteiger partial charge is 0.191 e. The maximum absolute atomic E-state index is 12.9. The number of nitrogens with zero attached hydrogens (tertiary/aromatic N) is 2. The fourth-order valence-corrected chi connectivity index (χ4v) is 1.95. The highest BCUT2D eigenvalue weighted by molar-refractivity contribution is 5.79. The Morgan fingerprint density at radius 1 is 1.14 bits per heavy atom. The summed E-state index contributed by atoms with van der Waals surface area (Å²) in [5.74, 6) is 0.536. The molecule has 1 aromatic carbocycles. The Bertz CT molecular complexity index is 587. The zero-order chi connectivity index (χ0) is 15.1. The van der Waals surface area contributed by atoms with Gasteiger partial charge in [-0.25, -0.2) is 9.38 Å². The van der Waals surface area contributed by atoms with Gasteiger partial charge in [0, 0.05) is 32.5 Å². The molecule has 0 aliphatic carbocycles. The van der Waals surface area contributed by atoms with E-state index < -0.39 is 0 Å². The molecule has 0 saturated heterocycles. The fourth-order valence-electron chi connectivity index (χ4n) is 1.95. The number of hydrogen-bond acceptors (Lipinski definition) is 1. The standard InChI is InChI=1S/C16H21FN4/c1-3-18-16(20-11-14-8-9-21(2)12-14)19-10-13-4-6-15(17)7-5-13/h4-9,12H,3,10-11H2,1-2H3,(H2,18,19,20). The molecule has 2 N–H and O–H groups in total. The molecule has 2 aromatic rings. The van der Waals surface area contributed by atoms with Crippen LogP contribution in [0.2, 0.25) is 0 Å². The minimum Gasteiger partial charge on any atom is -0.357 e. The summed E-state index contributed by atoms with van der Waals surface area (Å²) < 4.78 is 14.9. The lowest BCUT2D eigenvalue weighted by Crippen LogP contribution is -2.36. The quantitative estimate of drug-likeness (QED) is 0.655. The minimum absolute atomic E-state index is 0.219. The van der Waals surface area contributed by atoms with Crippen molar-refractivity contribution in [3.05, 3.63) is 59.7 Å². The molecule has 0 radical (unpaired) electrons. The van der Waals surface area contributed by atoms with Crippen LogP contribution >= 0.6 is 0 Å². The van der Waals surface area contributed by atoms with Gasteiger partial charge in [0.2, 0.25) is 0 Å². The van der Waals surface area contributed by atoms with Crippen LogP contribution in [0, 0.1) is 5.82 Å². The second-order valence-electron chi connectivity index (χ2n) is 4.86. The van der Waals surface area contributed by atoms with Crippen molar-refractivity contribution in [2.24, 2.45) is 12.0 Å². The van der Waals surface area contributed by atoms with E-state index in [4.69, 9.17) is 0 Å². The normalized spacial score (nSPS) is 11.5. The Morgan fingerprint density at radius 2 is 1.90 bits per heavy atom. The van der Waals surface area contributed by atoms with Gasteiger partial charge in [-0.3, -0.25) is 0 Å². The molecule has 0 aliphatic heterocycles. The molecule has 0 unspecified atom stereocenters. The number of rotatable bonds is 5. The maximum Gasteiger partial charge on any atom is 0.191 e. The van der Waals surface area contributed by atoms with Gasteiger partial charge >= 0.3 is 0 Å². The largest absolute Gasteiger partial charge is 0.357 e. The number of benzene rings is 1. The Balaban J connectivity index is 1.93. The summed E-state index contributed by atoms with van der Waals surface area (Å²) in [4.78, 5) is 4.54. The van der Waals surface area contributed by atoms with Gasteiger partial charge in [0.25, 0.3) is 0 Å². The third-order valence-corrected chi connectivity index (χ3v) is 3.03. The molecule has 0 amide bonds. The molecule has 1 aromatic heterocycles. The van der Waals surface area contributed by atoms with E-state index in [1.165, 1.54) is 12.1 Å². The lowest BCUT2D eigenvalue weighted by molar-refractivity contribution is 0.626. The van der Waals surface area contributed by atoms with Gasteiger partial charge in [0.05, 0.1) is 6.54 Å². The second-order valence-corrected chi connectivity index (χ2v) is 4.86. The molecule has 2 rings (SSSR count). The molecular formula is C16H21FN4. The van der Waals surface area contributed by atoms with E-state index >= 15 is 0 Å². The van der Waals surface area contributed by atoms with Gasteiger partial charge < -0.3 is 15.2 Å². The molecule has 1 heterocycles. The van der Waals surface area contributed by atoms with E-state index in [-0.39, 0.29) is 5.82 Å². The van der Waals surface area contributed by atoms with Crippen LogP contribution in [0.15, 0.2) is 47.7 Å². The molecule has 0 atom stereocenters. The van der Waals surface area contributed by atoms with Crippen LogP contribution < -0.4 is 10.6 Å². The molecule has 112 valence electrons. The third-order valence-electron chi connectivity index (χ3n) is 3.03. The predicted molar refractivity (Wildman–Crippen MR) is 83.5 cm³/mol. The van der Waals surface area contributed by atoms with E-state index in [1.54, 1.807) is 12.1 Å². The number of nitrogens with one attached hydrogen (secondary N) is 2. The number of aliphatic imine (C=N–C) groups is 1. The van der Waals surface area contributed by atoms with E-state index in [1.807, 2.05) is 37.0 Å². The van der Waals surface area contributed by atoms with Crippen molar-refractivity contribution in [2.75, 3.05) is 6.54 Å². The highest BCUT2D eigenvalue weighted by Crippen LogP contribution is 2.03. The summed E-state index contributed by atoms with van der Waals surface area (Å²) in [5.41, 5.74) is 2.18. The first-order valence-corrected chi connectivity index (χ1v) is 7.05. The Labute approximate surface area is 124 Å². The number of aromatic nitrogens is 1. The molecule has 5 heteroatoms. The van der Waals surface area contributed by atoms with Crippen LogP contribution in [0.5, 0.6) is 0 Å². The molecular weight excluding hydrogens is 267 g/mol. The van der Waals surface area contributed by atoms with Crippen LogP contribution in [-0.4, -0.2) is 17.1 Å². The summed E-state index contributed by atoms with van der Waals surface area (Å²) in [6.07, 6.45) is 4.05. The van der Waals surface area contributed by atoms with Crippen LogP contribution in [0.25, 0.3) is 0 Å². The van der Waals surface area contributed by atoms with Crippen LogP contribution in [0.4, 0.5) is 4.39 Å². The lowest BCUT2D eigenvalue weighted by atomic mass is 10.2. The van der Waals surface area contributed by atoms with E-state index in [2.05, 4.69) is 15.6 Å². The zero-order valence-corrected chi connectivity index (χ0v) is 12.4. The van der Waals surface area contributed by atoms with E-state index in [0.717, 1.165) is 23.6 Å². The zero-order valence-electron chi connectivity index (χ0n) is 12.4. The van der Waals surface area contributed by atoms with Gasteiger partial charge in [0.15, 0.2) is 5.96 Å². The van der Waals surface area contributed by atoms with Gasteiger partial charge in [-0.1, -0.05) is 12.1 Å². The van der Waals surface area contributed by atoms with Crippen LogP contribution in [0.1, 0.15) is 18.1 Å². The van der Waals surface area contributed by atoms with Crippen molar-refractivity contribution >= 4 is 5.96 Å². The van der Waals surface area contributed by atoms with Gasteiger partial charge in [-0.15, -0.1) is 0 Å².